The number of rotatable bonds is 7. The van der Waals surface area contributed by atoms with E-state index in [9.17, 15) is 4.79 Å². The smallest absolute Gasteiger partial charge is 0.222 e. The molecule has 1 aliphatic heterocycles. The van der Waals surface area contributed by atoms with Crippen molar-refractivity contribution in [1.29, 1.82) is 0 Å². The molecule has 1 fully saturated rings. The Morgan fingerprint density at radius 3 is 2.52 bits per heavy atom. The van der Waals surface area contributed by atoms with Crippen molar-refractivity contribution in [2.45, 2.75) is 32.7 Å². The maximum atomic E-state index is 12.1. The van der Waals surface area contributed by atoms with Crippen molar-refractivity contribution >= 4 is 18.3 Å². The number of amides is 1. The van der Waals surface area contributed by atoms with Crippen LogP contribution < -0.4 is 14.8 Å². The predicted octanol–water partition coefficient (Wildman–Crippen LogP) is 2.49. The fraction of sp³-hybridized carbons (Fsp3) is 0.588. The molecule has 1 atom stereocenters. The number of nitrogens with zero attached hydrogens (tertiary/aromatic N) is 1. The van der Waals surface area contributed by atoms with E-state index in [4.69, 9.17) is 9.47 Å². The lowest BCUT2D eigenvalue weighted by molar-refractivity contribution is -0.132. The van der Waals surface area contributed by atoms with E-state index in [0.717, 1.165) is 37.6 Å². The van der Waals surface area contributed by atoms with Gasteiger partial charge in [-0.25, -0.2) is 0 Å². The van der Waals surface area contributed by atoms with Gasteiger partial charge in [-0.2, -0.15) is 0 Å². The van der Waals surface area contributed by atoms with Crippen LogP contribution in [0.25, 0.3) is 0 Å². The summed E-state index contributed by atoms with van der Waals surface area (Å²) in [4.78, 5) is 14.0. The van der Waals surface area contributed by atoms with Crippen molar-refractivity contribution in [3.05, 3.63) is 24.3 Å². The minimum Gasteiger partial charge on any atom is -0.494 e. The Bertz CT molecular complexity index is 467. The molecule has 1 saturated heterocycles. The number of halogens is 1. The van der Waals surface area contributed by atoms with Gasteiger partial charge in [0, 0.05) is 32.1 Å². The third-order valence-corrected chi connectivity index (χ3v) is 3.66. The first-order chi connectivity index (χ1) is 10.7. The molecule has 1 amide bonds. The molecule has 0 radical (unpaired) electrons. The van der Waals surface area contributed by atoms with Gasteiger partial charge >= 0.3 is 0 Å². The number of ether oxygens (including phenoxy) is 2. The van der Waals surface area contributed by atoms with Crippen LogP contribution in [0, 0.1) is 0 Å². The zero-order valence-corrected chi connectivity index (χ0v) is 14.7. The van der Waals surface area contributed by atoms with Crippen LogP contribution in [-0.2, 0) is 4.79 Å². The number of carbonyl (C=O) groups is 1. The molecule has 5 nitrogen and oxygen atoms in total. The first kappa shape index (κ1) is 19.6. The number of hydrogen-bond acceptors (Lipinski definition) is 4. The molecule has 1 heterocycles. The van der Waals surface area contributed by atoms with Crippen molar-refractivity contribution in [2.75, 3.05) is 32.8 Å². The highest BCUT2D eigenvalue weighted by Crippen LogP contribution is 2.17. The molecule has 1 aromatic rings. The molecule has 0 bridgehead atoms. The van der Waals surface area contributed by atoms with E-state index in [-0.39, 0.29) is 18.3 Å². The van der Waals surface area contributed by atoms with Crippen LogP contribution in [0.3, 0.4) is 0 Å². The van der Waals surface area contributed by atoms with Crippen LogP contribution in [0.2, 0.25) is 0 Å². The fourth-order valence-electron chi connectivity index (χ4n) is 2.53. The number of benzene rings is 1. The molecule has 1 aliphatic rings. The third kappa shape index (κ3) is 6.67. The van der Waals surface area contributed by atoms with Gasteiger partial charge in [0.1, 0.15) is 11.5 Å². The van der Waals surface area contributed by atoms with Gasteiger partial charge in [0.15, 0.2) is 0 Å². The lowest BCUT2D eigenvalue weighted by Gasteiger charge is -2.32. The molecular weight excluding hydrogens is 316 g/mol. The van der Waals surface area contributed by atoms with Crippen LogP contribution in [0.5, 0.6) is 11.5 Å². The van der Waals surface area contributed by atoms with Crippen molar-refractivity contribution in [3.8, 4) is 11.5 Å². The Morgan fingerprint density at radius 2 is 1.91 bits per heavy atom. The Kier molecular flexibility index (Phi) is 8.81. The zero-order valence-electron chi connectivity index (χ0n) is 13.9. The highest BCUT2D eigenvalue weighted by atomic mass is 35.5. The van der Waals surface area contributed by atoms with Gasteiger partial charge in [0.05, 0.1) is 13.2 Å². The topological polar surface area (TPSA) is 50.8 Å². The molecule has 130 valence electrons. The molecule has 0 aromatic heterocycles. The average molecular weight is 343 g/mol. The molecule has 0 aliphatic carbocycles. The summed E-state index contributed by atoms with van der Waals surface area (Å²) < 4.78 is 11.0. The minimum absolute atomic E-state index is 0. The van der Waals surface area contributed by atoms with Crippen molar-refractivity contribution in [2.24, 2.45) is 0 Å². The highest BCUT2D eigenvalue weighted by Gasteiger charge is 2.19. The third-order valence-electron chi connectivity index (χ3n) is 3.66. The maximum Gasteiger partial charge on any atom is 0.222 e. The van der Waals surface area contributed by atoms with E-state index >= 15 is 0 Å². The molecule has 1 N–H and O–H groups in total. The summed E-state index contributed by atoms with van der Waals surface area (Å²) in [6.07, 6.45) is 1.29. The fourth-order valence-corrected chi connectivity index (χ4v) is 2.53. The number of piperazine rings is 1. The number of carbonyl (C=O) groups excluding carboxylic acids is 1. The van der Waals surface area contributed by atoms with Crippen LogP contribution in [0.15, 0.2) is 24.3 Å². The molecule has 1 aromatic carbocycles. The summed E-state index contributed by atoms with van der Waals surface area (Å²) in [7, 11) is 0. The maximum absolute atomic E-state index is 12.1. The first-order valence-corrected chi connectivity index (χ1v) is 8.06. The van der Waals surface area contributed by atoms with Gasteiger partial charge in [-0.3, -0.25) is 4.79 Å². The Hall–Kier alpha value is -1.46. The summed E-state index contributed by atoms with van der Waals surface area (Å²) in [5.74, 6) is 1.88. The lowest BCUT2D eigenvalue weighted by atomic mass is 10.2. The second kappa shape index (κ2) is 10.3. The molecule has 2 rings (SSSR count). The summed E-state index contributed by atoms with van der Waals surface area (Å²) in [5.41, 5.74) is 0. The molecule has 1 unspecified atom stereocenters. The van der Waals surface area contributed by atoms with E-state index in [0.29, 0.717) is 25.7 Å². The van der Waals surface area contributed by atoms with Crippen LogP contribution in [0.1, 0.15) is 26.7 Å². The predicted molar refractivity (Wildman–Crippen MR) is 93.6 cm³/mol. The van der Waals surface area contributed by atoms with Crippen molar-refractivity contribution in [3.63, 3.8) is 0 Å². The lowest BCUT2D eigenvalue weighted by Crippen LogP contribution is -2.51. The van der Waals surface area contributed by atoms with Crippen molar-refractivity contribution < 1.29 is 14.3 Å². The van der Waals surface area contributed by atoms with E-state index < -0.39 is 0 Å². The second-order valence-electron chi connectivity index (χ2n) is 5.55. The Labute approximate surface area is 144 Å². The monoisotopic (exact) mass is 342 g/mol. The normalized spacial score (nSPS) is 17.3. The number of hydrogen-bond donors (Lipinski definition) is 1. The van der Waals surface area contributed by atoms with E-state index in [1.807, 2.05) is 36.1 Å². The summed E-state index contributed by atoms with van der Waals surface area (Å²) >= 11 is 0. The van der Waals surface area contributed by atoms with E-state index in [2.05, 4.69) is 12.2 Å². The van der Waals surface area contributed by atoms with Crippen molar-refractivity contribution in [1.82, 2.24) is 10.2 Å². The molecule has 0 spiro atoms. The van der Waals surface area contributed by atoms with Crippen LogP contribution >= 0.6 is 12.4 Å². The second-order valence-corrected chi connectivity index (χ2v) is 5.55. The van der Waals surface area contributed by atoms with Crippen LogP contribution in [0.4, 0.5) is 0 Å². The Morgan fingerprint density at radius 1 is 1.26 bits per heavy atom. The quantitative estimate of drug-likeness (QED) is 0.773. The van der Waals surface area contributed by atoms with Gasteiger partial charge < -0.3 is 19.7 Å². The standard InChI is InChI=1S/C17H26N2O3.ClH/c1-3-21-15-6-8-16(9-7-15)22-12-4-5-17(20)19-11-10-18-14(2)13-19;/h6-9,14,18H,3-5,10-13H2,1-2H3;1H. The molecular formula is C17H27ClN2O3. The SMILES string of the molecule is CCOc1ccc(OCCCC(=O)N2CCNC(C)C2)cc1.Cl. The molecule has 0 saturated carbocycles. The molecule has 6 heteroatoms. The van der Waals surface area contributed by atoms with Gasteiger partial charge in [-0.1, -0.05) is 0 Å². The Balaban J connectivity index is 0.00000264. The summed E-state index contributed by atoms with van der Waals surface area (Å²) in [5, 5.41) is 3.34. The minimum atomic E-state index is 0. The zero-order chi connectivity index (χ0) is 15.8. The van der Waals surface area contributed by atoms with Gasteiger partial charge in [0.2, 0.25) is 5.91 Å². The molecule has 23 heavy (non-hydrogen) atoms. The van der Waals surface area contributed by atoms with Gasteiger partial charge in [-0.05, 0) is 44.5 Å². The number of nitrogens with one attached hydrogen (secondary N) is 1. The summed E-state index contributed by atoms with van der Waals surface area (Å²) in [6.45, 7) is 7.78. The van der Waals surface area contributed by atoms with Crippen LogP contribution in [-0.4, -0.2) is 49.7 Å². The first-order valence-electron chi connectivity index (χ1n) is 8.06. The van der Waals surface area contributed by atoms with Gasteiger partial charge in [0.25, 0.3) is 0 Å². The van der Waals surface area contributed by atoms with E-state index in [1.165, 1.54) is 0 Å². The van der Waals surface area contributed by atoms with Gasteiger partial charge in [-0.15, -0.1) is 12.4 Å². The average Bonchev–Trinajstić information content (AvgIpc) is 2.53. The summed E-state index contributed by atoms with van der Waals surface area (Å²) in [6, 6.07) is 7.96. The largest absolute Gasteiger partial charge is 0.494 e. The van der Waals surface area contributed by atoms with E-state index in [1.54, 1.807) is 0 Å². The highest BCUT2D eigenvalue weighted by molar-refractivity contribution is 5.85.